The third-order valence-electron chi connectivity index (χ3n) is 5.56. The van der Waals surface area contributed by atoms with Crippen molar-refractivity contribution in [2.45, 2.75) is 65.6 Å². The van der Waals surface area contributed by atoms with Crippen molar-refractivity contribution < 1.29 is 31.4 Å². The summed E-state index contributed by atoms with van der Waals surface area (Å²) in [5, 5.41) is 20.6. The number of nitrogens with zero attached hydrogens (tertiary/aromatic N) is 1. The van der Waals surface area contributed by atoms with Gasteiger partial charge in [-0.1, -0.05) is 0 Å². The average molecular weight is 599 g/mol. The number of aldehydes is 1. The van der Waals surface area contributed by atoms with Crippen molar-refractivity contribution in [3.8, 4) is 5.75 Å². The summed E-state index contributed by atoms with van der Waals surface area (Å²) in [6, 6.07) is 5.20. The maximum absolute atomic E-state index is 13.3. The fourth-order valence-electron chi connectivity index (χ4n) is 3.80. The molecule has 34 heavy (non-hydrogen) atoms. The Morgan fingerprint density at radius 1 is 1.29 bits per heavy atom. The molecule has 0 spiro atoms. The topological polar surface area (TPSA) is 140 Å². The van der Waals surface area contributed by atoms with Crippen molar-refractivity contribution in [3.63, 3.8) is 0 Å². The molecule has 0 bridgehead atoms. The Balaban J connectivity index is 0.00000201. The van der Waals surface area contributed by atoms with Crippen molar-refractivity contribution in [2.24, 2.45) is 5.92 Å². The van der Waals surface area contributed by atoms with Gasteiger partial charge in [-0.3, -0.25) is 0 Å². The molecular weight excluding hydrogens is 555 g/mol. The fourth-order valence-corrected chi connectivity index (χ4v) is 5.08. The van der Waals surface area contributed by atoms with E-state index in [0.717, 1.165) is 44.9 Å². The first-order valence-electron chi connectivity index (χ1n) is 11.6. The molecule has 1 saturated heterocycles. The van der Waals surface area contributed by atoms with Gasteiger partial charge in [0, 0.05) is 7.11 Å². The van der Waals surface area contributed by atoms with E-state index in [1.807, 2.05) is 26.0 Å². The maximum Gasteiger partial charge on any atom is 0.0319 e. The molecule has 1 heterocycles. The number of carbonyl (C=O) groups excluding carboxylic acids is 2. The third kappa shape index (κ3) is 11.4. The maximum atomic E-state index is 13.3. The number of amides is 1. The second kappa shape index (κ2) is 18.9. The number of alkyl halides is 1. The van der Waals surface area contributed by atoms with E-state index in [1.54, 1.807) is 13.0 Å². The molecule has 2 unspecified atom stereocenters. The zero-order valence-corrected chi connectivity index (χ0v) is 23.2. The number of aliphatic hydroxyl groups excluding tert-OH is 2. The zero-order valence-electron chi connectivity index (χ0n) is 21.0. The second-order valence-electron chi connectivity index (χ2n) is 7.87. The molecule has 2 rings (SSSR count). The number of nitrogens with one attached hydrogen (secondary N) is 1. The first kappa shape index (κ1) is 32.7. The van der Waals surface area contributed by atoms with Crippen molar-refractivity contribution >= 4 is 32.8 Å². The minimum atomic E-state index is -2.87. The van der Waals surface area contributed by atoms with Crippen LogP contribution in [0, 0.1) is 12.8 Å². The predicted molar refractivity (Wildman–Crippen MR) is 142 cm³/mol. The van der Waals surface area contributed by atoms with Gasteiger partial charge in [-0.2, -0.15) is 0 Å². The normalized spacial score (nSPS) is 15.5. The van der Waals surface area contributed by atoms with Crippen molar-refractivity contribution in [1.82, 2.24) is 10.2 Å². The molecule has 1 aliphatic rings. The molecule has 9 nitrogen and oxygen atoms in total. The molecule has 1 fully saturated rings. The summed E-state index contributed by atoms with van der Waals surface area (Å²) in [6.45, 7) is 9.49. The quantitative estimate of drug-likeness (QED) is 0.120. The number of ether oxygens (including phenoxy) is 1. The third-order valence-corrected chi connectivity index (χ3v) is 7.15. The van der Waals surface area contributed by atoms with Crippen LogP contribution in [0.15, 0.2) is 18.2 Å². The molecule has 0 saturated carbocycles. The number of benzene rings is 1. The van der Waals surface area contributed by atoms with Crippen LogP contribution in [0.5, 0.6) is 5.75 Å². The van der Waals surface area contributed by atoms with Crippen LogP contribution in [0.2, 0.25) is 0 Å². The molecule has 1 aromatic carbocycles. The van der Waals surface area contributed by atoms with Crippen LogP contribution in [-0.4, -0.2) is 77.7 Å². The van der Waals surface area contributed by atoms with E-state index in [-0.39, 0.29) is 11.9 Å². The van der Waals surface area contributed by atoms with Gasteiger partial charge in [0.2, 0.25) is 0 Å². The van der Waals surface area contributed by atoms with E-state index in [4.69, 9.17) is 14.6 Å². The Hall–Kier alpha value is -1.31. The van der Waals surface area contributed by atoms with Crippen LogP contribution >= 0.6 is 20.6 Å². The van der Waals surface area contributed by atoms with E-state index < -0.39 is 26.9 Å². The van der Waals surface area contributed by atoms with Gasteiger partial charge in [0.25, 0.3) is 0 Å². The molecule has 0 aromatic heterocycles. The second-order valence-corrected chi connectivity index (χ2v) is 10.7. The Bertz CT molecular complexity index is 698. The molecule has 1 aromatic rings. The van der Waals surface area contributed by atoms with Crippen LogP contribution in [0.1, 0.15) is 62.4 Å². The van der Waals surface area contributed by atoms with Crippen LogP contribution in [0.3, 0.4) is 0 Å². The van der Waals surface area contributed by atoms with Crippen molar-refractivity contribution in [2.75, 3.05) is 31.2 Å². The van der Waals surface area contributed by atoms with E-state index in [9.17, 15) is 16.8 Å². The number of rotatable bonds is 10. The van der Waals surface area contributed by atoms with E-state index in [1.165, 1.54) is 11.8 Å². The summed E-state index contributed by atoms with van der Waals surface area (Å²) in [5.41, 5.74) is 1.28. The number of halogens is 1. The van der Waals surface area contributed by atoms with Crippen LogP contribution in [0.4, 0.5) is 0 Å². The van der Waals surface area contributed by atoms with Crippen LogP contribution in [-0.2, 0) is 4.79 Å². The van der Waals surface area contributed by atoms with Gasteiger partial charge in [0.05, 0.1) is 0 Å². The van der Waals surface area contributed by atoms with Crippen LogP contribution in [0.25, 0.3) is 0 Å². The van der Waals surface area contributed by atoms with Gasteiger partial charge in [0.15, 0.2) is 0 Å². The largest absolute Gasteiger partial charge is 0.400 e. The van der Waals surface area contributed by atoms with E-state index in [0.29, 0.717) is 41.1 Å². The van der Waals surface area contributed by atoms with E-state index in [2.05, 4.69) is 5.32 Å². The smallest absolute Gasteiger partial charge is 0.0319 e. The van der Waals surface area contributed by atoms with Gasteiger partial charge < -0.3 is 15.2 Å². The molecule has 0 aliphatic carbocycles. The number of hydrogen-bond donors (Lipinski definition) is 5. The summed E-state index contributed by atoms with van der Waals surface area (Å²) in [6.07, 6.45) is 3.06. The zero-order chi connectivity index (χ0) is 26.1. The number of carbonyl (C=O) groups is 2. The molecule has 1 aliphatic heterocycles. The molecule has 5 N–H and O–H groups in total. The molecule has 2 atom stereocenters. The number of hydrogen-bond acceptors (Lipinski definition) is 8. The minimum Gasteiger partial charge on any atom is -0.400 e. The Morgan fingerprint density at radius 3 is 2.38 bits per heavy atom. The monoisotopic (exact) mass is 598 g/mol. The van der Waals surface area contributed by atoms with Crippen molar-refractivity contribution in [1.29, 1.82) is 0 Å². The molecular formula is C24H43IN2O7. The Labute approximate surface area is 212 Å². The molecule has 0 radical (unpaired) electrons. The van der Waals surface area contributed by atoms with Crippen molar-refractivity contribution in [3.05, 3.63) is 29.3 Å². The van der Waals surface area contributed by atoms with E-state index >= 15 is 0 Å². The summed E-state index contributed by atoms with van der Waals surface area (Å²) in [4.78, 5) is 23.6. The SMILES string of the molecule is CC=O.CCC(CCI(O)O)N(C(=O)c1cccc(OCC2CCNCC2)c1C)C(C)O.CO. The molecule has 1 amide bonds. The number of aliphatic hydroxyl groups is 2. The Morgan fingerprint density at radius 2 is 1.88 bits per heavy atom. The average Bonchev–Trinajstić information content (AvgIpc) is 2.82. The van der Waals surface area contributed by atoms with Gasteiger partial charge in [-0.05, 0) is 20.0 Å². The Kier molecular flexibility index (Phi) is 18.2. The fraction of sp³-hybridized carbons (Fsp3) is 0.667. The summed E-state index contributed by atoms with van der Waals surface area (Å²) in [5.74, 6) is 0.961. The molecule has 10 heteroatoms. The summed E-state index contributed by atoms with van der Waals surface area (Å²) < 4.78 is 25.0. The summed E-state index contributed by atoms with van der Waals surface area (Å²) >= 11 is -2.87. The summed E-state index contributed by atoms with van der Waals surface area (Å²) in [7, 11) is 1.00. The number of piperidine rings is 1. The van der Waals surface area contributed by atoms with Gasteiger partial charge >= 0.3 is 164 Å². The predicted octanol–water partition coefficient (Wildman–Crippen LogP) is 2.46. The van der Waals surface area contributed by atoms with Gasteiger partial charge in [-0.15, -0.1) is 0 Å². The van der Waals surface area contributed by atoms with Gasteiger partial charge in [0.1, 0.15) is 6.29 Å². The first-order chi connectivity index (χ1) is 16.3. The first-order valence-corrected chi connectivity index (χ1v) is 15.0. The minimum absolute atomic E-state index is 0.250. The van der Waals surface area contributed by atoms with Crippen LogP contribution < -0.4 is 10.1 Å². The molecule has 198 valence electrons. The van der Waals surface area contributed by atoms with Gasteiger partial charge in [-0.25, -0.2) is 0 Å². The standard InChI is InChI=1S/C21H35IN2O5.C2H4O.CH4O/c1-4-18(8-11-22(27)28)24(16(3)25)21(26)19-6-5-7-20(15(19)2)29-14-17-9-12-23-13-10-17;1-2-3;1-2/h5-7,16-18,23,25,27-28H,4,8-14H2,1-3H3;2H,1H3;2H,1H3.